The van der Waals surface area contributed by atoms with E-state index in [1.165, 1.54) is 0 Å². The lowest BCUT2D eigenvalue weighted by atomic mass is 10.1. The predicted octanol–water partition coefficient (Wildman–Crippen LogP) is 3.23. The van der Waals surface area contributed by atoms with Crippen LogP contribution in [0.15, 0.2) is 24.3 Å². The van der Waals surface area contributed by atoms with Gasteiger partial charge in [-0.3, -0.25) is 0 Å². The van der Waals surface area contributed by atoms with Crippen LogP contribution in [0.25, 0.3) is 17.0 Å². The van der Waals surface area contributed by atoms with E-state index < -0.39 is 5.97 Å². The fraction of sp³-hybridized carbons (Fsp3) is 0.0909. The monoisotopic (exact) mass is 360 g/mol. The maximum Gasteiger partial charge on any atom is 0.328 e. The number of aryl methyl sites for hydroxylation is 1. The fourth-order valence-electron chi connectivity index (χ4n) is 1.62. The molecule has 0 saturated heterocycles. The van der Waals surface area contributed by atoms with Crippen molar-refractivity contribution < 1.29 is 9.90 Å². The Hall–Kier alpha value is -0.940. The van der Waals surface area contributed by atoms with E-state index >= 15 is 0 Å². The molecule has 1 N–H and O–H groups in total. The molecule has 0 aliphatic carbocycles. The lowest BCUT2D eigenvalue weighted by Crippen LogP contribution is -1.86. The van der Waals surface area contributed by atoms with E-state index in [4.69, 9.17) is 5.11 Å². The largest absolute Gasteiger partial charge is 0.478 e. The first kappa shape index (κ1) is 12.5. The van der Waals surface area contributed by atoms with Crippen molar-refractivity contribution >= 4 is 51.4 Å². The fourth-order valence-corrected chi connectivity index (χ4v) is 3.19. The van der Waals surface area contributed by atoms with Crippen molar-refractivity contribution in [3.8, 4) is 0 Å². The van der Waals surface area contributed by atoms with Gasteiger partial charge in [0.25, 0.3) is 0 Å². The molecular formula is C11H10IN2O2P. The first-order chi connectivity index (χ1) is 8.11. The molecule has 0 aliphatic heterocycles. The third kappa shape index (κ3) is 2.66. The molecule has 2 aromatic rings. The molecule has 0 spiro atoms. The molecule has 1 aromatic heterocycles. The topological polar surface area (TPSA) is 55.1 Å². The summed E-state index contributed by atoms with van der Waals surface area (Å²) in [6, 6.07) is 5.84. The number of nitrogens with zero attached hydrogens (tertiary/aromatic N) is 2. The van der Waals surface area contributed by atoms with E-state index in [0.717, 1.165) is 28.2 Å². The van der Waals surface area contributed by atoms with Gasteiger partial charge in [0.2, 0.25) is 0 Å². The third-order valence-electron chi connectivity index (χ3n) is 2.39. The minimum atomic E-state index is -0.939. The normalized spacial score (nSPS) is 12.1. The molecule has 4 nitrogen and oxygen atoms in total. The van der Waals surface area contributed by atoms with E-state index in [1.54, 1.807) is 6.08 Å². The highest BCUT2D eigenvalue weighted by Gasteiger charge is 2.06. The summed E-state index contributed by atoms with van der Waals surface area (Å²) in [6.45, 7) is 1.97. The van der Waals surface area contributed by atoms with Gasteiger partial charge in [-0.2, -0.15) is 5.10 Å². The minimum absolute atomic E-state index is 0.534. The van der Waals surface area contributed by atoms with Gasteiger partial charge >= 0.3 is 5.97 Å². The number of benzene rings is 1. The van der Waals surface area contributed by atoms with Crippen LogP contribution in [-0.4, -0.2) is 20.6 Å². The van der Waals surface area contributed by atoms with E-state index in [1.807, 2.05) is 29.6 Å². The zero-order chi connectivity index (χ0) is 12.4. The Bertz CT molecular complexity index is 607. The van der Waals surface area contributed by atoms with Crippen molar-refractivity contribution in [3.05, 3.63) is 35.5 Å². The van der Waals surface area contributed by atoms with Crippen LogP contribution in [-0.2, 0) is 4.79 Å². The second-order valence-corrected chi connectivity index (χ2v) is 5.57. The highest BCUT2D eigenvalue weighted by atomic mass is 127. The first-order valence-corrected chi connectivity index (χ1v) is 8.95. The second kappa shape index (κ2) is 5.14. The third-order valence-corrected chi connectivity index (χ3v) is 4.26. The number of aliphatic carboxylic acids is 1. The molecule has 0 aliphatic rings. The van der Waals surface area contributed by atoms with Crippen LogP contribution in [0.2, 0.25) is 0 Å². The summed E-state index contributed by atoms with van der Waals surface area (Å²) in [4.78, 5) is 10.5. The number of halogens is 1. The molecule has 1 heterocycles. The predicted molar refractivity (Wildman–Crippen MR) is 78.9 cm³/mol. The minimum Gasteiger partial charge on any atom is -0.478 e. The van der Waals surface area contributed by atoms with E-state index in [9.17, 15) is 4.79 Å². The molecular weight excluding hydrogens is 350 g/mol. The molecule has 1 unspecified atom stereocenters. The number of aromatic nitrogens is 2. The summed E-state index contributed by atoms with van der Waals surface area (Å²) in [5, 5.41) is 14.1. The zero-order valence-corrected chi connectivity index (χ0v) is 12.2. The summed E-state index contributed by atoms with van der Waals surface area (Å²) in [7, 11) is 0. The number of rotatable bonds is 3. The maximum absolute atomic E-state index is 10.5. The standard InChI is InChI=1S/C11H10IN2O2P/c1-7-9-4-2-8(3-5-11(15)16)6-10(9)14(13-7)17-12/h2-6,17H,1H3,(H,15,16)/b5-3+. The molecule has 88 valence electrons. The Morgan fingerprint density at radius 1 is 1.59 bits per heavy atom. The van der Waals surface area contributed by atoms with Gasteiger partial charge < -0.3 is 5.11 Å². The smallest absolute Gasteiger partial charge is 0.328 e. The Morgan fingerprint density at radius 3 is 3.00 bits per heavy atom. The molecule has 2 rings (SSSR count). The van der Waals surface area contributed by atoms with Crippen LogP contribution in [0.3, 0.4) is 0 Å². The quantitative estimate of drug-likeness (QED) is 0.520. The van der Waals surface area contributed by atoms with Crippen LogP contribution in [0.1, 0.15) is 11.3 Å². The van der Waals surface area contributed by atoms with Crippen molar-refractivity contribution in [2.24, 2.45) is 0 Å². The lowest BCUT2D eigenvalue weighted by molar-refractivity contribution is -0.131. The van der Waals surface area contributed by atoms with Gasteiger partial charge in [-0.25, -0.2) is 9.25 Å². The number of carboxylic acid groups (broad SMARTS) is 1. The summed E-state index contributed by atoms with van der Waals surface area (Å²) >= 11 is 2.27. The Labute approximate surface area is 113 Å². The molecule has 6 heteroatoms. The molecule has 0 radical (unpaired) electrons. The average molecular weight is 360 g/mol. The zero-order valence-electron chi connectivity index (χ0n) is 9.01. The van der Waals surface area contributed by atoms with Crippen LogP contribution in [0.4, 0.5) is 0 Å². The van der Waals surface area contributed by atoms with E-state index in [0.29, 0.717) is 6.37 Å². The maximum atomic E-state index is 10.5. The SMILES string of the molecule is Cc1nn(PI)c2cc(/C=C/C(=O)O)ccc12. The number of hydrogen-bond acceptors (Lipinski definition) is 2. The van der Waals surface area contributed by atoms with Crippen molar-refractivity contribution in [1.82, 2.24) is 9.55 Å². The average Bonchev–Trinajstić information content (AvgIpc) is 2.63. The molecule has 0 amide bonds. The summed E-state index contributed by atoms with van der Waals surface area (Å²) in [5.41, 5.74) is 2.91. The van der Waals surface area contributed by atoms with E-state index in [2.05, 4.69) is 27.1 Å². The Morgan fingerprint density at radius 2 is 2.35 bits per heavy atom. The lowest BCUT2D eigenvalue weighted by Gasteiger charge is -1.98. The van der Waals surface area contributed by atoms with Gasteiger partial charge in [-0.05, 0) is 46.7 Å². The van der Waals surface area contributed by atoms with Crippen molar-refractivity contribution in [2.75, 3.05) is 0 Å². The van der Waals surface area contributed by atoms with Crippen molar-refractivity contribution in [2.45, 2.75) is 6.92 Å². The van der Waals surface area contributed by atoms with E-state index in [-0.39, 0.29) is 0 Å². The highest BCUT2D eigenvalue weighted by molar-refractivity contribution is 14.2. The van der Waals surface area contributed by atoms with Gasteiger partial charge in [-0.1, -0.05) is 12.1 Å². The molecule has 1 aromatic carbocycles. The van der Waals surface area contributed by atoms with Gasteiger partial charge in [0.05, 0.1) is 17.6 Å². The number of carbonyl (C=O) groups is 1. The van der Waals surface area contributed by atoms with Crippen LogP contribution in [0.5, 0.6) is 0 Å². The van der Waals surface area contributed by atoms with Gasteiger partial charge in [0.15, 0.2) is 0 Å². The number of fused-ring (bicyclic) bond motifs is 1. The van der Waals surface area contributed by atoms with Crippen molar-refractivity contribution in [1.29, 1.82) is 0 Å². The summed E-state index contributed by atoms with van der Waals surface area (Å²) in [6.07, 6.45) is 3.26. The Kier molecular flexibility index (Phi) is 3.79. The van der Waals surface area contributed by atoms with Crippen LogP contribution in [0, 0.1) is 6.92 Å². The summed E-state index contributed by atoms with van der Waals surface area (Å²) < 4.78 is 1.93. The molecule has 1 atom stereocenters. The molecule has 0 fully saturated rings. The highest BCUT2D eigenvalue weighted by Crippen LogP contribution is 2.30. The first-order valence-electron chi connectivity index (χ1n) is 4.89. The second-order valence-electron chi connectivity index (χ2n) is 3.53. The van der Waals surface area contributed by atoms with Gasteiger partial charge in [0.1, 0.15) is 0 Å². The molecule has 17 heavy (non-hydrogen) atoms. The molecule has 0 bridgehead atoms. The molecule has 0 saturated carbocycles. The summed E-state index contributed by atoms with van der Waals surface area (Å²) in [5.74, 6) is -0.939. The number of carboxylic acids is 1. The number of hydrogen-bond donors (Lipinski definition) is 1. The van der Waals surface area contributed by atoms with Crippen molar-refractivity contribution in [3.63, 3.8) is 0 Å². The Balaban J connectivity index is 2.52. The van der Waals surface area contributed by atoms with Crippen LogP contribution < -0.4 is 0 Å². The van der Waals surface area contributed by atoms with Crippen LogP contribution >= 0.6 is 28.4 Å². The van der Waals surface area contributed by atoms with Gasteiger partial charge in [-0.15, -0.1) is 0 Å². The van der Waals surface area contributed by atoms with Gasteiger partial charge in [0, 0.05) is 11.5 Å².